The Balaban J connectivity index is 1.61. The smallest absolute Gasteiger partial charge is 0.290 e. The van der Waals surface area contributed by atoms with Crippen molar-refractivity contribution in [2.45, 2.75) is 13.5 Å². The fraction of sp³-hybridized carbons (Fsp3) is 0.250. The first-order valence-corrected chi connectivity index (χ1v) is 9.78. The van der Waals surface area contributed by atoms with E-state index in [9.17, 15) is 9.18 Å². The summed E-state index contributed by atoms with van der Waals surface area (Å²) in [5.41, 5.74) is 1.04. The van der Waals surface area contributed by atoms with Crippen LogP contribution in [0.5, 0.6) is 0 Å². The normalized spacial score (nSPS) is 11.3. The number of carbonyl (C=O) groups is 1. The summed E-state index contributed by atoms with van der Waals surface area (Å²) in [6, 6.07) is 7.94. The maximum absolute atomic E-state index is 13.6. The van der Waals surface area contributed by atoms with Gasteiger partial charge in [0.1, 0.15) is 11.4 Å². The fourth-order valence-corrected chi connectivity index (χ4v) is 3.62. The van der Waals surface area contributed by atoms with Gasteiger partial charge in [0, 0.05) is 24.6 Å². The highest BCUT2D eigenvalue weighted by Gasteiger charge is 2.25. The molecule has 0 fully saturated rings. The predicted molar refractivity (Wildman–Crippen MR) is 105 cm³/mol. The van der Waals surface area contributed by atoms with Gasteiger partial charge in [-0.25, -0.2) is 4.39 Å². The van der Waals surface area contributed by atoms with Crippen LogP contribution in [-0.4, -0.2) is 41.3 Å². The first-order chi connectivity index (χ1) is 14.1. The third-order valence-corrected chi connectivity index (χ3v) is 5.33. The van der Waals surface area contributed by atoms with E-state index in [2.05, 4.69) is 10.2 Å². The minimum Gasteiger partial charge on any atom is -0.451 e. The minimum atomic E-state index is -0.386. The van der Waals surface area contributed by atoms with E-state index in [1.54, 1.807) is 14.0 Å². The van der Waals surface area contributed by atoms with Gasteiger partial charge in [-0.2, -0.15) is 0 Å². The molecule has 0 aliphatic carbocycles. The molecule has 0 spiro atoms. The van der Waals surface area contributed by atoms with Crippen LogP contribution < -0.4 is 0 Å². The summed E-state index contributed by atoms with van der Waals surface area (Å²) in [4.78, 5) is 15.5. The van der Waals surface area contributed by atoms with Crippen LogP contribution in [0.1, 0.15) is 22.0 Å². The van der Waals surface area contributed by atoms with Crippen molar-refractivity contribution in [3.63, 3.8) is 0 Å². The average Bonchev–Trinajstić information content (AvgIpc) is 3.45. The number of aromatic nitrogens is 2. The van der Waals surface area contributed by atoms with Crippen molar-refractivity contribution < 1.29 is 22.8 Å². The second-order valence-electron chi connectivity index (χ2n) is 6.39. The summed E-state index contributed by atoms with van der Waals surface area (Å²) in [6.45, 7) is 2.46. The number of benzene rings is 1. The molecule has 0 saturated carbocycles. The fourth-order valence-electron chi connectivity index (χ4n) is 2.98. The number of thiophene rings is 1. The predicted octanol–water partition coefficient (Wildman–Crippen LogP) is 4.28. The molecule has 29 heavy (non-hydrogen) atoms. The van der Waals surface area contributed by atoms with Gasteiger partial charge in [0.15, 0.2) is 5.76 Å². The number of ether oxygens (including phenoxy) is 1. The molecule has 3 heterocycles. The Morgan fingerprint density at radius 2 is 2.14 bits per heavy atom. The van der Waals surface area contributed by atoms with E-state index >= 15 is 0 Å². The number of furan rings is 1. The second-order valence-corrected chi connectivity index (χ2v) is 7.34. The lowest BCUT2D eigenvalue weighted by molar-refractivity contribution is 0.0633. The molecule has 150 valence electrons. The van der Waals surface area contributed by atoms with Crippen molar-refractivity contribution in [1.82, 2.24) is 15.1 Å². The molecule has 0 atom stereocenters. The summed E-state index contributed by atoms with van der Waals surface area (Å²) in [7, 11) is 1.56. The second kappa shape index (κ2) is 8.14. The Morgan fingerprint density at radius 1 is 1.28 bits per heavy atom. The lowest BCUT2D eigenvalue weighted by atomic mass is 10.1. The molecule has 0 saturated heterocycles. The molecule has 0 radical (unpaired) electrons. The van der Waals surface area contributed by atoms with E-state index in [-0.39, 0.29) is 24.0 Å². The summed E-state index contributed by atoms with van der Waals surface area (Å²) in [5.74, 6) is 0.123. The van der Waals surface area contributed by atoms with Gasteiger partial charge in [-0.15, -0.1) is 21.5 Å². The molecular formula is C20H18FN3O4S. The molecule has 1 aromatic carbocycles. The highest BCUT2D eigenvalue weighted by Crippen LogP contribution is 2.28. The van der Waals surface area contributed by atoms with Crippen LogP contribution in [0.2, 0.25) is 0 Å². The first kappa shape index (κ1) is 19.3. The zero-order valence-electron chi connectivity index (χ0n) is 15.8. The van der Waals surface area contributed by atoms with Gasteiger partial charge < -0.3 is 18.5 Å². The third kappa shape index (κ3) is 3.92. The number of hydrogen-bond donors (Lipinski definition) is 0. The lowest BCUT2D eigenvalue weighted by Gasteiger charge is -2.19. The van der Waals surface area contributed by atoms with Crippen molar-refractivity contribution in [3.05, 3.63) is 58.7 Å². The number of amides is 1. The molecule has 9 heteroatoms. The van der Waals surface area contributed by atoms with Crippen LogP contribution in [0.4, 0.5) is 4.39 Å². The molecule has 0 aliphatic rings. The van der Waals surface area contributed by atoms with Gasteiger partial charge in [-0.05, 0) is 36.6 Å². The van der Waals surface area contributed by atoms with E-state index in [0.29, 0.717) is 41.5 Å². The van der Waals surface area contributed by atoms with Gasteiger partial charge in [0.05, 0.1) is 18.0 Å². The number of hydrogen-bond acceptors (Lipinski definition) is 7. The van der Waals surface area contributed by atoms with Crippen molar-refractivity contribution in [2.75, 3.05) is 20.3 Å². The van der Waals surface area contributed by atoms with Crippen LogP contribution >= 0.6 is 11.3 Å². The number of fused-ring (bicyclic) bond motifs is 1. The van der Waals surface area contributed by atoms with Crippen molar-refractivity contribution >= 4 is 28.2 Å². The number of halogens is 1. The van der Waals surface area contributed by atoms with Crippen molar-refractivity contribution in [3.8, 4) is 10.8 Å². The van der Waals surface area contributed by atoms with Gasteiger partial charge in [-0.1, -0.05) is 6.07 Å². The van der Waals surface area contributed by atoms with Gasteiger partial charge >= 0.3 is 0 Å². The number of rotatable bonds is 7. The summed E-state index contributed by atoms with van der Waals surface area (Å²) < 4.78 is 30.1. The summed E-state index contributed by atoms with van der Waals surface area (Å²) in [5, 5.41) is 10.6. The molecule has 0 aliphatic heterocycles. The zero-order chi connectivity index (χ0) is 20.4. The molecular weight excluding hydrogens is 397 g/mol. The Bertz CT molecular complexity index is 1140. The molecule has 0 bridgehead atoms. The largest absolute Gasteiger partial charge is 0.451 e. The lowest BCUT2D eigenvalue weighted by Crippen LogP contribution is -2.33. The topological polar surface area (TPSA) is 81.6 Å². The van der Waals surface area contributed by atoms with Gasteiger partial charge in [0.2, 0.25) is 5.89 Å². The molecule has 7 nitrogen and oxygen atoms in total. The van der Waals surface area contributed by atoms with Crippen LogP contribution in [0.25, 0.3) is 21.7 Å². The maximum atomic E-state index is 13.6. The highest BCUT2D eigenvalue weighted by molar-refractivity contribution is 7.13. The molecule has 3 aromatic heterocycles. The van der Waals surface area contributed by atoms with E-state index in [4.69, 9.17) is 13.6 Å². The molecule has 4 aromatic rings. The van der Waals surface area contributed by atoms with Crippen LogP contribution in [0.15, 0.2) is 44.5 Å². The van der Waals surface area contributed by atoms with Gasteiger partial charge in [-0.3, -0.25) is 4.79 Å². The quantitative estimate of drug-likeness (QED) is 0.448. The number of nitrogens with zero attached hydrogens (tertiary/aromatic N) is 3. The maximum Gasteiger partial charge on any atom is 0.290 e. The van der Waals surface area contributed by atoms with Crippen LogP contribution in [0.3, 0.4) is 0 Å². The Hall–Kier alpha value is -3.04. The van der Waals surface area contributed by atoms with E-state index in [1.165, 1.54) is 34.4 Å². The minimum absolute atomic E-state index is 0.103. The first-order valence-electron chi connectivity index (χ1n) is 8.90. The molecule has 0 N–H and O–H groups in total. The molecule has 1 amide bonds. The molecule has 0 unspecified atom stereocenters. The SMILES string of the molecule is COCCN(Cc1nnc(-c2cccs2)o1)C(=O)c1oc2ccc(F)cc2c1C. The standard InChI is InChI=1S/C20H18FN3O4S/c1-12-14-10-13(21)5-6-15(14)27-18(12)20(25)24(7-8-26-2)11-17-22-23-19(28-17)16-4-3-9-29-16/h3-6,9-10H,7-8,11H2,1-2H3. The van der Waals surface area contributed by atoms with E-state index in [0.717, 1.165) is 4.88 Å². The number of aryl methyl sites for hydroxylation is 1. The summed E-state index contributed by atoms with van der Waals surface area (Å²) >= 11 is 1.49. The Kier molecular flexibility index (Phi) is 5.41. The van der Waals surface area contributed by atoms with Gasteiger partial charge in [0.25, 0.3) is 11.8 Å². The van der Waals surface area contributed by atoms with Crippen molar-refractivity contribution in [1.29, 1.82) is 0 Å². The number of carbonyl (C=O) groups excluding carboxylic acids is 1. The summed E-state index contributed by atoms with van der Waals surface area (Å²) in [6.07, 6.45) is 0. The monoisotopic (exact) mass is 415 g/mol. The van der Waals surface area contributed by atoms with Crippen LogP contribution in [-0.2, 0) is 11.3 Å². The van der Waals surface area contributed by atoms with Crippen LogP contribution in [0, 0.1) is 12.7 Å². The zero-order valence-corrected chi connectivity index (χ0v) is 16.7. The highest BCUT2D eigenvalue weighted by atomic mass is 32.1. The average molecular weight is 415 g/mol. The van der Waals surface area contributed by atoms with E-state index in [1.807, 2.05) is 17.5 Å². The third-order valence-electron chi connectivity index (χ3n) is 4.47. The van der Waals surface area contributed by atoms with E-state index < -0.39 is 0 Å². The number of methoxy groups -OCH3 is 1. The Morgan fingerprint density at radius 3 is 2.90 bits per heavy atom. The van der Waals surface area contributed by atoms with Crippen molar-refractivity contribution in [2.24, 2.45) is 0 Å². The molecule has 4 rings (SSSR count). The Labute approximate surface area is 169 Å².